The van der Waals surface area contributed by atoms with E-state index >= 15 is 0 Å². The zero-order valence-corrected chi connectivity index (χ0v) is 5.32. The highest BCUT2D eigenvalue weighted by molar-refractivity contribution is 4.65. The summed E-state index contributed by atoms with van der Waals surface area (Å²) in [6.07, 6.45) is -0.834. The van der Waals surface area contributed by atoms with Crippen LogP contribution in [0.4, 0.5) is 0 Å². The highest BCUT2D eigenvalue weighted by atomic mass is 16.4. The fraction of sp³-hybridized carbons (Fsp3) is 0.833. The third-order valence-corrected chi connectivity index (χ3v) is 1.13. The number of aliphatic hydroxyl groups excluding tert-OH is 3. The van der Waals surface area contributed by atoms with Crippen molar-refractivity contribution in [2.75, 3.05) is 6.61 Å². The van der Waals surface area contributed by atoms with Gasteiger partial charge in [-0.15, -0.1) is 0 Å². The summed E-state index contributed by atoms with van der Waals surface area (Å²) in [4.78, 5) is 0. The van der Waals surface area contributed by atoms with Crippen LogP contribution in [0, 0.1) is 6.92 Å². The fourth-order valence-electron chi connectivity index (χ4n) is 0.523. The number of aliphatic hydroxyl groups is 3. The molecule has 2 atom stereocenters. The molecule has 3 nitrogen and oxygen atoms in total. The van der Waals surface area contributed by atoms with E-state index in [1.165, 1.54) is 0 Å². The molecule has 9 heavy (non-hydrogen) atoms. The van der Waals surface area contributed by atoms with Crippen LogP contribution in [0.5, 0.6) is 0 Å². The standard InChI is InChI=1S/C6H13O3/c1-2-3-5(8)6(9)4-7/h5-9H,1-4H2. The predicted molar refractivity (Wildman–Crippen MR) is 33.7 cm³/mol. The van der Waals surface area contributed by atoms with Gasteiger partial charge in [0.1, 0.15) is 6.10 Å². The van der Waals surface area contributed by atoms with Crippen molar-refractivity contribution >= 4 is 0 Å². The van der Waals surface area contributed by atoms with Crippen molar-refractivity contribution in [2.45, 2.75) is 25.0 Å². The molecule has 0 aromatic carbocycles. The number of hydrogen-bond acceptors (Lipinski definition) is 3. The van der Waals surface area contributed by atoms with Crippen LogP contribution < -0.4 is 0 Å². The Bertz CT molecular complexity index is 65.3. The quantitative estimate of drug-likeness (QED) is 0.476. The molecule has 0 heterocycles. The Kier molecular flexibility index (Phi) is 4.67. The average Bonchev–Trinajstić information content (AvgIpc) is 1.87. The molecule has 0 aromatic rings. The topological polar surface area (TPSA) is 60.7 Å². The number of rotatable bonds is 4. The summed E-state index contributed by atoms with van der Waals surface area (Å²) in [5.74, 6) is 0. The predicted octanol–water partition coefficient (Wildman–Crippen LogP) is -0.685. The van der Waals surface area contributed by atoms with Gasteiger partial charge in [-0.05, 0) is 6.42 Å². The summed E-state index contributed by atoms with van der Waals surface area (Å²) in [6, 6.07) is 0. The highest BCUT2D eigenvalue weighted by Gasteiger charge is 2.12. The average molecular weight is 133 g/mol. The molecule has 0 aromatic heterocycles. The maximum Gasteiger partial charge on any atom is 0.103 e. The van der Waals surface area contributed by atoms with Crippen molar-refractivity contribution < 1.29 is 15.3 Å². The van der Waals surface area contributed by atoms with Crippen molar-refractivity contribution in [3.05, 3.63) is 6.92 Å². The van der Waals surface area contributed by atoms with Crippen LogP contribution in [0.25, 0.3) is 0 Å². The molecule has 0 amide bonds. The SMILES string of the molecule is [CH2]CCC(O)C(O)CO. The Morgan fingerprint density at radius 1 is 1.22 bits per heavy atom. The van der Waals surface area contributed by atoms with E-state index in [0.717, 1.165) is 0 Å². The van der Waals surface area contributed by atoms with Gasteiger partial charge in [-0.2, -0.15) is 0 Å². The third kappa shape index (κ3) is 3.46. The summed E-state index contributed by atoms with van der Waals surface area (Å²) in [5, 5.41) is 25.9. The first kappa shape index (κ1) is 8.88. The van der Waals surface area contributed by atoms with E-state index in [4.69, 9.17) is 15.3 Å². The lowest BCUT2D eigenvalue weighted by Crippen LogP contribution is -2.28. The Labute approximate surface area is 54.9 Å². The minimum atomic E-state index is -1.01. The van der Waals surface area contributed by atoms with Crippen LogP contribution in [-0.2, 0) is 0 Å². The molecule has 0 rings (SSSR count). The Balaban J connectivity index is 3.32. The first-order chi connectivity index (χ1) is 4.22. The molecule has 3 N–H and O–H groups in total. The van der Waals surface area contributed by atoms with Gasteiger partial charge in [-0.3, -0.25) is 0 Å². The minimum Gasteiger partial charge on any atom is -0.394 e. The molecule has 0 bridgehead atoms. The summed E-state index contributed by atoms with van der Waals surface area (Å²) >= 11 is 0. The molecular formula is C6H13O3. The third-order valence-electron chi connectivity index (χ3n) is 1.13. The van der Waals surface area contributed by atoms with Crippen LogP contribution in [0.15, 0.2) is 0 Å². The van der Waals surface area contributed by atoms with Crippen LogP contribution in [0.1, 0.15) is 12.8 Å². The van der Waals surface area contributed by atoms with Crippen molar-refractivity contribution in [2.24, 2.45) is 0 Å². The molecule has 0 saturated heterocycles. The van der Waals surface area contributed by atoms with E-state index in [2.05, 4.69) is 6.92 Å². The molecular weight excluding hydrogens is 120 g/mol. The van der Waals surface area contributed by atoms with Gasteiger partial charge in [0.15, 0.2) is 0 Å². The number of hydrogen-bond donors (Lipinski definition) is 3. The lowest BCUT2D eigenvalue weighted by Gasteiger charge is -2.13. The molecule has 0 aliphatic carbocycles. The Morgan fingerprint density at radius 2 is 1.78 bits per heavy atom. The minimum absolute atomic E-state index is 0.388. The highest BCUT2D eigenvalue weighted by Crippen LogP contribution is 2.00. The second kappa shape index (κ2) is 4.73. The monoisotopic (exact) mass is 133 g/mol. The van der Waals surface area contributed by atoms with E-state index in [1.807, 2.05) is 0 Å². The van der Waals surface area contributed by atoms with Crippen molar-refractivity contribution in [1.29, 1.82) is 0 Å². The Morgan fingerprint density at radius 3 is 2.11 bits per heavy atom. The summed E-state index contributed by atoms with van der Waals surface area (Å²) in [5.41, 5.74) is 0. The van der Waals surface area contributed by atoms with Gasteiger partial charge in [0.25, 0.3) is 0 Å². The van der Waals surface area contributed by atoms with Crippen LogP contribution in [-0.4, -0.2) is 34.1 Å². The molecule has 1 radical (unpaired) electrons. The van der Waals surface area contributed by atoms with Gasteiger partial charge >= 0.3 is 0 Å². The van der Waals surface area contributed by atoms with E-state index < -0.39 is 12.2 Å². The smallest absolute Gasteiger partial charge is 0.103 e. The molecule has 3 heteroatoms. The molecule has 0 fully saturated rings. The van der Waals surface area contributed by atoms with E-state index in [0.29, 0.717) is 12.8 Å². The van der Waals surface area contributed by atoms with Gasteiger partial charge in [-0.1, -0.05) is 13.3 Å². The molecule has 0 spiro atoms. The van der Waals surface area contributed by atoms with Crippen molar-refractivity contribution in [3.8, 4) is 0 Å². The second-order valence-electron chi connectivity index (χ2n) is 1.96. The van der Waals surface area contributed by atoms with Crippen LogP contribution in [0.2, 0.25) is 0 Å². The first-order valence-corrected chi connectivity index (χ1v) is 2.98. The van der Waals surface area contributed by atoms with Gasteiger partial charge < -0.3 is 15.3 Å². The van der Waals surface area contributed by atoms with Crippen LogP contribution >= 0.6 is 0 Å². The largest absolute Gasteiger partial charge is 0.394 e. The summed E-state index contributed by atoms with van der Waals surface area (Å²) < 4.78 is 0. The molecule has 0 aliphatic heterocycles. The van der Waals surface area contributed by atoms with Crippen LogP contribution in [0.3, 0.4) is 0 Å². The molecule has 2 unspecified atom stereocenters. The zero-order chi connectivity index (χ0) is 7.28. The summed E-state index contributed by atoms with van der Waals surface area (Å²) in [7, 11) is 0. The van der Waals surface area contributed by atoms with E-state index in [-0.39, 0.29) is 6.61 Å². The maximum absolute atomic E-state index is 8.87. The van der Waals surface area contributed by atoms with E-state index in [9.17, 15) is 0 Å². The second-order valence-corrected chi connectivity index (χ2v) is 1.96. The first-order valence-electron chi connectivity index (χ1n) is 2.98. The molecule has 0 saturated carbocycles. The molecule has 0 aliphatic rings. The lowest BCUT2D eigenvalue weighted by molar-refractivity contribution is -0.0170. The van der Waals surface area contributed by atoms with Gasteiger partial charge in [0, 0.05) is 0 Å². The van der Waals surface area contributed by atoms with Gasteiger partial charge in [-0.25, -0.2) is 0 Å². The summed E-state index contributed by atoms with van der Waals surface area (Å²) in [6.45, 7) is 3.10. The van der Waals surface area contributed by atoms with Crippen molar-refractivity contribution in [1.82, 2.24) is 0 Å². The van der Waals surface area contributed by atoms with Crippen molar-refractivity contribution in [3.63, 3.8) is 0 Å². The van der Waals surface area contributed by atoms with Gasteiger partial charge in [0.2, 0.25) is 0 Å². The van der Waals surface area contributed by atoms with Gasteiger partial charge in [0.05, 0.1) is 12.7 Å². The Hall–Kier alpha value is -0.120. The lowest BCUT2D eigenvalue weighted by atomic mass is 10.1. The molecule has 55 valence electrons. The normalized spacial score (nSPS) is 17.3. The van der Waals surface area contributed by atoms with E-state index in [1.54, 1.807) is 0 Å². The zero-order valence-electron chi connectivity index (χ0n) is 5.32. The maximum atomic E-state index is 8.87. The fourth-order valence-corrected chi connectivity index (χ4v) is 0.523.